The molecule has 0 atom stereocenters. The molecule has 12 nitrogen and oxygen atoms in total. The molecular weight excluding hydrogens is 768 g/mol. The first kappa shape index (κ1) is 38.4. The van der Waals surface area contributed by atoms with Crippen molar-refractivity contribution >= 4 is 33.4 Å². The van der Waals surface area contributed by atoms with Gasteiger partial charge in [0.2, 0.25) is 0 Å². The number of piperidine rings is 2. The fraction of sp³-hybridized carbons (Fsp3) is 0.333. The maximum atomic E-state index is 14.9. The molecule has 8 aromatic rings. The van der Waals surface area contributed by atoms with Gasteiger partial charge < -0.3 is 19.4 Å². The fourth-order valence-electron chi connectivity index (χ4n) is 8.00. The van der Waals surface area contributed by atoms with E-state index >= 15 is 0 Å². The van der Waals surface area contributed by atoms with Gasteiger partial charge in [-0.05, 0) is 137 Å². The Morgan fingerprint density at radius 2 is 1.00 bits per heavy atom. The SMILES string of the molecule is Cc1cn2cc(-c3cc(F)c4nc(C5CCNCC5)nnc4c3)cc(C(F)(F)F)c2n1.Cc1cn2cc(-c3cc(F)c4nc(C5CCNCC5)nnc4c3)cc(C)c2n1. The van der Waals surface area contributed by atoms with Gasteiger partial charge in [-0.2, -0.15) is 13.2 Å². The van der Waals surface area contributed by atoms with Gasteiger partial charge in [-0.15, -0.1) is 20.4 Å². The summed E-state index contributed by atoms with van der Waals surface area (Å²) in [7, 11) is 0. The first-order valence-electron chi connectivity index (χ1n) is 19.5. The minimum absolute atomic E-state index is 0.0721. The van der Waals surface area contributed by atoms with Crippen LogP contribution < -0.4 is 10.6 Å². The van der Waals surface area contributed by atoms with E-state index in [9.17, 15) is 22.0 Å². The van der Waals surface area contributed by atoms with E-state index in [1.165, 1.54) is 35.0 Å². The summed E-state index contributed by atoms with van der Waals surface area (Å²) in [6.45, 7) is 9.13. The number of aromatic nitrogens is 10. The molecule has 2 fully saturated rings. The van der Waals surface area contributed by atoms with Crippen molar-refractivity contribution < 1.29 is 22.0 Å². The summed E-state index contributed by atoms with van der Waals surface area (Å²) >= 11 is 0. The maximum absolute atomic E-state index is 14.9. The molecule has 2 N–H and O–H groups in total. The minimum atomic E-state index is -4.60. The first-order chi connectivity index (χ1) is 28.4. The van der Waals surface area contributed by atoms with E-state index in [0.717, 1.165) is 86.0 Å². The molecule has 8 heterocycles. The van der Waals surface area contributed by atoms with Gasteiger partial charge in [0.15, 0.2) is 23.3 Å². The molecule has 0 radical (unpaired) electrons. The third-order valence-electron chi connectivity index (χ3n) is 11.0. The molecule has 0 amide bonds. The Morgan fingerprint density at radius 1 is 0.542 bits per heavy atom. The van der Waals surface area contributed by atoms with Crippen LogP contribution in [0.4, 0.5) is 22.0 Å². The molecule has 302 valence electrons. The van der Waals surface area contributed by atoms with Crippen molar-refractivity contribution in [2.45, 2.75) is 64.5 Å². The molecule has 6 aromatic heterocycles. The zero-order valence-electron chi connectivity index (χ0n) is 32.4. The molecular formula is C42H39F5N12. The average Bonchev–Trinajstić information content (AvgIpc) is 3.81. The van der Waals surface area contributed by atoms with Crippen molar-refractivity contribution in [2.75, 3.05) is 26.2 Å². The molecule has 0 aliphatic carbocycles. The standard InChI is InChI=1S/C21H18F4N6.C21H21FN6/c1-11-9-31-10-14(6-15(20(31)27-11)21(23,24)25)13-7-16(22)18-17(8-13)29-30-19(28-18)12-2-4-26-5-3-12;1-12-7-16(11-28-10-13(2)24-21(12)28)15-8-17(22)19-18(9-15)26-27-20(25-19)14-3-5-23-6-4-14/h6-10,12,26H,2-5H2,1H3;7-11,14,23H,3-6H2,1-2H3. The summed E-state index contributed by atoms with van der Waals surface area (Å²) in [5, 5.41) is 23.5. The van der Waals surface area contributed by atoms with Crippen molar-refractivity contribution in [1.29, 1.82) is 0 Å². The monoisotopic (exact) mass is 806 g/mol. The van der Waals surface area contributed by atoms with Gasteiger partial charge in [0.1, 0.15) is 33.4 Å². The highest BCUT2D eigenvalue weighted by molar-refractivity contribution is 5.83. The molecule has 2 aliphatic heterocycles. The zero-order valence-corrected chi connectivity index (χ0v) is 32.4. The van der Waals surface area contributed by atoms with Crippen molar-refractivity contribution in [1.82, 2.24) is 59.8 Å². The fourth-order valence-corrected chi connectivity index (χ4v) is 8.00. The molecule has 2 aromatic carbocycles. The number of hydrogen-bond donors (Lipinski definition) is 2. The largest absolute Gasteiger partial charge is 0.420 e. The molecule has 0 unspecified atom stereocenters. The van der Waals surface area contributed by atoms with E-state index in [0.29, 0.717) is 28.4 Å². The number of rotatable bonds is 4. The van der Waals surface area contributed by atoms with Gasteiger partial charge >= 0.3 is 6.18 Å². The van der Waals surface area contributed by atoms with E-state index in [1.807, 2.05) is 42.8 Å². The molecule has 0 saturated carbocycles. The van der Waals surface area contributed by atoms with E-state index in [-0.39, 0.29) is 45.5 Å². The van der Waals surface area contributed by atoms with Crippen LogP contribution in [0.5, 0.6) is 0 Å². The van der Waals surface area contributed by atoms with Crippen LogP contribution in [-0.4, -0.2) is 75.3 Å². The summed E-state index contributed by atoms with van der Waals surface area (Å²) in [6.07, 6.45) is 5.92. The van der Waals surface area contributed by atoms with E-state index in [4.69, 9.17) is 0 Å². The third kappa shape index (κ3) is 7.67. The summed E-state index contributed by atoms with van der Waals surface area (Å²) < 4.78 is 74.0. The van der Waals surface area contributed by atoms with Crippen LogP contribution in [-0.2, 0) is 6.18 Å². The number of nitrogens with one attached hydrogen (secondary N) is 2. The maximum Gasteiger partial charge on any atom is 0.420 e. The van der Waals surface area contributed by atoms with Crippen LogP contribution in [0.2, 0.25) is 0 Å². The van der Waals surface area contributed by atoms with Gasteiger partial charge in [0, 0.05) is 36.6 Å². The van der Waals surface area contributed by atoms with Crippen LogP contribution >= 0.6 is 0 Å². The van der Waals surface area contributed by atoms with Crippen molar-refractivity contribution in [3.8, 4) is 22.3 Å². The summed E-state index contributed by atoms with van der Waals surface area (Å²) in [6, 6.07) is 9.09. The first-order valence-corrected chi connectivity index (χ1v) is 19.5. The number of alkyl halides is 3. The van der Waals surface area contributed by atoms with Gasteiger partial charge in [-0.1, -0.05) is 0 Å². The Morgan fingerprint density at radius 3 is 1.49 bits per heavy atom. The summed E-state index contributed by atoms with van der Waals surface area (Å²) in [5.74, 6) is 0.484. The van der Waals surface area contributed by atoms with Crippen LogP contribution in [0, 0.1) is 32.4 Å². The Bertz CT molecular complexity index is 2870. The highest BCUT2D eigenvalue weighted by atomic mass is 19.4. The summed E-state index contributed by atoms with van der Waals surface area (Å²) in [4.78, 5) is 17.4. The Kier molecular flexibility index (Phi) is 9.95. The number of aryl methyl sites for hydroxylation is 3. The predicted molar refractivity (Wildman–Crippen MR) is 212 cm³/mol. The normalized spacial score (nSPS) is 15.7. The highest BCUT2D eigenvalue weighted by Gasteiger charge is 2.35. The van der Waals surface area contributed by atoms with Crippen LogP contribution in [0.1, 0.15) is 71.7 Å². The zero-order chi connectivity index (χ0) is 41.0. The minimum Gasteiger partial charge on any atom is -0.317 e. The number of halogens is 5. The average molecular weight is 807 g/mol. The topological polar surface area (TPSA) is 136 Å². The van der Waals surface area contributed by atoms with Crippen LogP contribution in [0.25, 0.3) is 55.6 Å². The number of fused-ring (bicyclic) bond motifs is 4. The molecule has 17 heteroatoms. The van der Waals surface area contributed by atoms with E-state index in [2.05, 4.69) is 51.0 Å². The Balaban J connectivity index is 0.000000153. The van der Waals surface area contributed by atoms with Gasteiger partial charge in [0.25, 0.3) is 0 Å². The predicted octanol–water partition coefficient (Wildman–Crippen LogP) is 7.84. The molecule has 2 aliphatic rings. The molecule has 2 saturated heterocycles. The second kappa shape index (κ2) is 15.3. The molecule has 0 bridgehead atoms. The quantitative estimate of drug-likeness (QED) is 0.170. The van der Waals surface area contributed by atoms with E-state index < -0.39 is 17.6 Å². The van der Waals surface area contributed by atoms with Gasteiger partial charge in [0.05, 0.1) is 17.0 Å². The number of pyridine rings is 2. The Hall–Kier alpha value is -6.07. The highest BCUT2D eigenvalue weighted by Crippen LogP contribution is 2.36. The molecule has 59 heavy (non-hydrogen) atoms. The van der Waals surface area contributed by atoms with Crippen molar-refractivity contribution in [3.05, 3.63) is 107 Å². The number of hydrogen-bond acceptors (Lipinski definition) is 10. The number of nitrogens with zero attached hydrogens (tertiary/aromatic N) is 10. The number of benzene rings is 2. The van der Waals surface area contributed by atoms with Crippen LogP contribution in [0.3, 0.4) is 0 Å². The van der Waals surface area contributed by atoms with Crippen molar-refractivity contribution in [3.63, 3.8) is 0 Å². The van der Waals surface area contributed by atoms with Crippen LogP contribution in [0.15, 0.2) is 61.2 Å². The molecule has 0 spiro atoms. The lowest BCUT2D eigenvalue weighted by Crippen LogP contribution is -2.27. The third-order valence-corrected chi connectivity index (χ3v) is 11.0. The summed E-state index contributed by atoms with van der Waals surface area (Å²) in [5.41, 5.74) is 5.44. The van der Waals surface area contributed by atoms with E-state index in [1.54, 1.807) is 6.92 Å². The van der Waals surface area contributed by atoms with Gasteiger partial charge in [-0.3, -0.25) is 0 Å². The molecule has 10 rings (SSSR count). The second-order valence-electron chi connectivity index (χ2n) is 15.3. The van der Waals surface area contributed by atoms with Gasteiger partial charge in [-0.25, -0.2) is 28.7 Å². The lowest BCUT2D eigenvalue weighted by molar-refractivity contribution is -0.136. The lowest BCUT2D eigenvalue weighted by Gasteiger charge is -2.20. The lowest BCUT2D eigenvalue weighted by atomic mass is 9.97. The van der Waals surface area contributed by atoms with Crippen molar-refractivity contribution in [2.24, 2.45) is 0 Å². The smallest absolute Gasteiger partial charge is 0.317 e. The second-order valence-corrected chi connectivity index (χ2v) is 15.3. The Labute approximate surface area is 334 Å². The number of imidazole rings is 2.